The summed E-state index contributed by atoms with van der Waals surface area (Å²) in [5, 5.41) is 11.5. The molecular weight excluding hydrogens is 426 g/mol. The molecule has 0 heterocycles. The number of Topliss-reactive ketones (excluding diaryl/α,β-unsaturated/α-hetero) is 1. The first kappa shape index (κ1) is 21.2. The van der Waals surface area contributed by atoms with Crippen LogP contribution in [0.1, 0.15) is 43.7 Å². The number of nitrogens with zero attached hydrogens (tertiary/aromatic N) is 1. The van der Waals surface area contributed by atoms with Gasteiger partial charge in [-0.15, -0.1) is 0 Å². The van der Waals surface area contributed by atoms with Gasteiger partial charge in [0.05, 0.1) is 5.57 Å². The number of rotatable bonds is 5. The highest BCUT2D eigenvalue weighted by molar-refractivity contribution is 6.32. The second-order valence-electron chi connectivity index (χ2n) is 9.24. The lowest BCUT2D eigenvalue weighted by Gasteiger charge is -2.44. The third-order valence-corrected chi connectivity index (χ3v) is 7.87. The standard InChI is InChI=1S/C26H26ClNO4/c1-3-14-8-9-17(32-18-10-11-21(28(2)31)20(27)13-18)12-19(14)24-25(29)22-15-4-5-16(7-6-15)23(22)26(24)30/h8-13,15-16,22-23H,3-7H2,1-2H3/p+1. The molecular formula is C26H27ClNO4+. The molecule has 2 aromatic carbocycles. The lowest BCUT2D eigenvalue weighted by atomic mass is 9.59. The number of allylic oxidation sites excluding steroid dienone is 2. The largest absolute Gasteiger partial charge is 0.511 e. The summed E-state index contributed by atoms with van der Waals surface area (Å²) in [6.07, 6.45) is 5.15. The highest BCUT2D eigenvalue weighted by atomic mass is 35.5. The Morgan fingerprint density at radius 1 is 1.03 bits per heavy atom. The Balaban J connectivity index is 1.51. The van der Waals surface area contributed by atoms with Crippen LogP contribution in [-0.2, 0) is 11.2 Å². The van der Waals surface area contributed by atoms with Crippen molar-refractivity contribution in [1.82, 2.24) is 0 Å². The van der Waals surface area contributed by atoms with Crippen molar-refractivity contribution in [3.63, 3.8) is 0 Å². The van der Waals surface area contributed by atoms with E-state index in [1.165, 1.54) is 7.05 Å². The number of hydrogen-bond donors (Lipinski definition) is 1. The van der Waals surface area contributed by atoms with Crippen molar-refractivity contribution in [3.8, 4) is 11.5 Å². The molecule has 0 amide bonds. The number of ether oxygens (including phenoxy) is 1. The maximum Gasteiger partial charge on any atom is 0.274 e. The number of halogens is 1. The quantitative estimate of drug-likeness (QED) is 0.516. The van der Waals surface area contributed by atoms with E-state index in [9.17, 15) is 14.8 Å². The van der Waals surface area contributed by atoms with Gasteiger partial charge < -0.3 is 9.84 Å². The summed E-state index contributed by atoms with van der Waals surface area (Å²) in [4.78, 5) is 25.1. The van der Waals surface area contributed by atoms with Gasteiger partial charge in [-0.1, -0.05) is 24.6 Å². The first-order valence-corrected chi connectivity index (χ1v) is 11.8. The minimum absolute atomic E-state index is 0.0188. The van der Waals surface area contributed by atoms with E-state index in [4.69, 9.17) is 16.3 Å². The minimum atomic E-state index is -0.0674. The number of aliphatic hydroxyl groups excluding tert-OH is 1. The fourth-order valence-electron chi connectivity index (χ4n) is 6.05. The van der Waals surface area contributed by atoms with Crippen molar-refractivity contribution < 1.29 is 19.4 Å². The number of aliphatic hydroxyl groups is 1. The molecule has 2 aromatic rings. The predicted octanol–water partition coefficient (Wildman–Crippen LogP) is 6.64. The van der Waals surface area contributed by atoms with Crippen LogP contribution >= 0.6 is 11.6 Å². The molecule has 3 saturated carbocycles. The number of hydrogen-bond acceptors (Lipinski definition) is 4. The highest BCUT2D eigenvalue weighted by Crippen LogP contribution is 2.57. The monoisotopic (exact) mass is 452 g/mol. The number of benzene rings is 2. The number of nitroso groups, excluding NO2 is 1. The van der Waals surface area contributed by atoms with Crippen LogP contribution < -0.4 is 4.74 Å². The van der Waals surface area contributed by atoms with E-state index >= 15 is 0 Å². The fraction of sp³-hybridized carbons (Fsp3) is 0.423. The number of fused-ring (bicyclic) bond motifs is 2. The topological polar surface area (TPSA) is 66.6 Å². The summed E-state index contributed by atoms with van der Waals surface area (Å²) < 4.78 is 6.72. The molecule has 6 heteroatoms. The molecule has 0 radical (unpaired) electrons. The number of carbonyl (C=O) groups excluding carboxylic acids is 1. The fourth-order valence-corrected chi connectivity index (χ4v) is 6.34. The predicted molar refractivity (Wildman–Crippen MR) is 124 cm³/mol. The molecule has 0 aromatic heterocycles. The van der Waals surface area contributed by atoms with Crippen molar-refractivity contribution in [1.29, 1.82) is 0 Å². The summed E-state index contributed by atoms with van der Waals surface area (Å²) in [5.41, 5.74) is 2.63. The van der Waals surface area contributed by atoms with Gasteiger partial charge in [0.25, 0.3) is 5.69 Å². The third-order valence-electron chi connectivity index (χ3n) is 7.57. The van der Waals surface area contributed by atoms with E-state index in [0.717, 1.165) is 43.2 Å². The molecule has 2 atom stereocenters. The molecule has 166 valence electrons. The van der Waals surface area contributed by atoms with Gasteiger partial charge in [-0.3, -0.25) is 4.79 Å². The molecule has 0 aliphatic heterocycles. The zero-order chi connectivity index (χ0) is 22.6. The number of ketones is 1. The van der Waals surface area contributed by atoms with Gasteiger partial charge in [-0.05, 0) is 73.3 Å². The molecule has 32 heavy (non-hydrogen) atoms. The van der Waals surface area contributed by atoms with Crippen LogP contribution in [0.15, 0.2) is 42.2 Å². The Morgan fingerprint density at radius 2 is 1.66 bits per heavy atom. The molecule has 0 spiro atoms. The Bertz CT molecular complexity index is 1150. The zero-order valence-electron chi connectivity index (χ0n) is 18.3. The molecule has 1 N–H and O–H groups in total. The van der Waals surface area contributed by atoms with Gasteiger partial charge in [-0.25, -0.2) is 0 Å². The first-order valence-electron chi connectivity index (χ1n) is 11.4. The average Bonchev–Trinajstić information content (AvgIpc) is 3.06. The van der Waals surface area contributed by atoms with Gasteiger partial charge in [0.2, 0.25) is 0 Å². The van der Waals surface area contributed by atoms with E-state index in [-0.39, 0.29) is 23.4 Å². The lowest BCUT2D eigenvalue weighted by molar-refractivity contribution is -0.428. The molecule has 5 nitrogen and oxygen atoms in total. The van der Waals surface area contributed by atoms with E-state index in [1.54, 1.807) is 18.2 Å². The Labute approximate surface area is 192 Å². The molecule has 2 unspecified atom stereocenters. The van der Waals surface area contributed by atoms with Crippen molar-refractivity contribution >= 4 is 28.6 Å². The van der Waals surface area contributed by atoms with E-state index < -0.39 is 0 Å². The van der Waals surface area contributed by atoms with Crippen molar-refractivity contribution in [2.45, 2.75) is 39.0 Å². The van der Waals surface area contributed by atoms with Crippen LogP contribution in [0.3, 0.4) is 0 Å². The number of carbonyl (C=O) groups is 1. The summed E-state index contributed by atoms with van der Waals surface area (Å²) in [6.45, 7) is 2.05. The Hall–Kier alpha value is -2.66. The van der Waals surface area contributed by atoms with Crippen molar-refractivity contribution in [2.24, 2.45) is 23.7 Å². The van der Waals surface area contributed by atoms with Gasteiger partial charge in [0.1, 0.15) is 22.3 Å². The normalized spacial score (nSPS) is 26.4. The average molecular weight is 453 g/mol. The smallest absolute Gasteiger partial charge is 0.274 e. The lowest BCUT2D eigenvalue weighted by Crippen LogP contribution is -2.41. The van der Waals surface area contributed by atoms with Crippen molar-refractivity contribution in [2.75, 3.05) is 7.05 Å². The van der Waals surface area contributed by atoms with E-state index in [1.807, 2.05) is 25.1 Å². The minimum Gasteiger partial charge on any atom is -0.511 e. The summed E-state index contributed by atoms with van der Waals surface area (Å²) >= 11 is 6.21. The van der Waals surface area contributed by atoms with E-state index in [2.05, 4.69) is 0 Å². The molecule has 0 saturated heterocycles. The van der Waals surface area contributed by atoms with Crippen LogP contribution in [0.5, 0.6) is 11.5 Å². The van der Waals surface area contributed by atoms with Crippen LogP contribution in [0.4, 0.5) is 5.69 Å². The number of aryl methyl sites for hydroxylation is 1. The SMILES string of the molecule is CCc1ccc(Oc2ccc([N+](C)=O)c(Cl)c2)cc1C1=C(O)C2C3CCC(CC3)C2C1=O. The van der Waals surface area contributed by atoms with Gasteiger partial charge in [-0.2, -0.15) is 0 Å². The summed E-state index contributed by atoms with van der Waals surface area (Å²) in [7, 11) is 1.39. The van der Waals surface area contributed by atoms with Crippen LogP contribution in [0, 0.1) is 28.6 Å². The highest BCUT2D eigenvalue weighted by Gasteiger charge is 2.54. The molecule has 2 bridgehead atoms. The Morgan fingerprint density at radius 3 is 2.25 bits per heavy atom. The second-order valence-corrected chi connectivity index (χ2v) is 9.64. The molecule has 4 aliphatic rings. The van der Waals surface area contributed by atoms with Gasteiger partial charge in [0.15, 0.2) is 12.8 Å². The molecule has 4 aliphatic carbocycles. The van der Waals surface area contributed by atoms with Crippen LogP contribution in [-0.4, -0.2) is 22.7 Å². The zero-order valence-corrected chi connectivity index (χ0v) is 19.1. The van der Waals surface area contributed by atoms with Gasteiger partial charge in [0, 0.05) is 33.6 Å². The maximum atomic E-state index is 13.5. The van der Waals surface area contributed by atoms with Gasteiger partial charge >= 0.3 is 0 Å². The molecule has 6 rings (SSSR count). The Kier molecular flexibility index (Phi) is 5.32. The van der Waals surface area contributed by atoms with Crippen LogP contribution in [0.2, 0.25) is 5.02 Å². The summed E-state index contributed by atoms with van der Waals surface area (Å²) in [6, 6.07) is 10.6. The third kappa shape index (κ3) is 3.34. The van der Waals surface area contributed by atoms with Crippen LogP contribution in [0.25, 0.3) is 5.57 Å². The summed E-state index contributed by atoms with van der Waals surface area (Å²) in [5.74, 6) is 2.15. The van der Waals surface area contributed by atoms with E-state index in [0.29, 0.717) is 44.4 Å². The van der Waals surface area contributed by atoms with Crippen molar-refractivity contribution in [3.05, 3.63) is 63.2 Å². The molecule has 3 fully saturated rings. The maximum absolute atomic E-state index is 13.5. The second kappa shape index (κ2) is 8.04. The first-order chi connectivity index (χ1) is 15.4.